The SMILES string of the molecule is O=C(O)[13CH]=[13CH]C(=O)O. The molecule has 0 heterocycles. The van der Waals surface area contributed by atoms with E-state index in [0.717, 1.165) is 0 Å². The predicted molar refractivity (Wildman–Crippen MR) is 24.4 cm³/mol. The number of hydrogen-bond acceptors (Lipinski definition) is 2. The Kier molecular flexibility index (Phi) is 2.33. The summed E-state index contributed by atoms with van der Waals surface area (Å²) in [7, 11) is 0. The van der Waals surface area contributed by atoms with Crippen LogP contribution in [0.3, 0.4) is 0 Å². The minimum absolute atomic E-state index is 0.558. The fraction of sp³-hybridized carbons (Fsp3) is 0. The lowest BCUT2D eigenvalue weighted by atomic mass is 11.0. The number of rotatable bonds is 2. The van der Waals surface area contributed by atoms with Crippen molar-refractivity contribution in [2.24, 2.45) is 0 Å². The van der Waals surface area contributed by atoms with Crippen LogP contribution >= 0.6 is 0 Å². The van der Waals surface area contributed by atoms with Gasteiger partial charge < -0.3 is 10.2 Å². The van der Waals surface area contributed by atoms with Crippen LogP contribution in [-0.4, -0.2) is 22.2 Å². The molecule has 0 rings (SSSR count). The zero-order valence-corrected chi connectivity index (χ0v) is 3.87. The van der Waals surface area contributed by atoms with Gasteiger partial charge in [-0.1, -0.05) is 0 Å². The highest BCUT2D eigenvalue weighted by Crippen LogP contribution is 1.70. The Morgan fingerprint density at radius 1 is 1.00 bits per heavy atom. The van der Waals surface area contributed by atoms with Crippen LogP contribution in [0, 0.1) is 0 Å². The van der Waals surface area contributed by atoms with E-state index in [4.69, 9.17) is 10.2 Å². The van der Waals surface area contributed by atoms with Gasteiger partial charge in [-0.15, -0.1) is 0 Å². The van der Waals surface area contributed by atoms with Crippen molar-refractivity contribution in [3.8, 4) is 0 Å². The summed E-state index contributed by atoms with van der Waals surface area (Å²) >= 11 is 0. The normalized spacial score (nSPS) is 9.50. The number of carboxylic acids is 2. The third-order valence-electron chi connectivity index (χ3n) is 0.368. The molecule has 0 atom stereocenters. The van der Waals surface area contributed by atoms with Gasteiger partial charge in [-0.05, 0) is 0 Å². The second-order valence-corrected chi connectivity index (χ2v) is 1.01. The maximum absolute atomic E-state index is 9.55. The van der Waals surface area contributed by atoms with Crippen LogP contribution in [0.4, 0.5) is 0 Å². The fourth-order valence-electron chi connectivity index (χ4n) is 0.143. The lowest BCUT2D eigenvalue weighted by Crippen LogP contribution is -1.91. The van der Waals surface area contributed by atoms with Crippen molar-refractivity contribution in [1.29, 1.82) is 0 Å². The largest absolute Gasteiger partial charge is 0.478 e. The topological polar surface area (TPSA) is 74.6 Å². The van der Waals surface area contributed by atoms with Crippen molar-refractivity contribution < 1.29 is 19.8 Å². The Balaban J connectivity index is 3.67. The highest BCUT2D eigenvalue weighted by Gasteiger charge is 1.88. The van der Waals surface area contributed by atoms with E-state index < -0.39 is 11.9 Å². The molecule has 4 heteroatoms. The van der Waals surface area contributed by atoms with E-state index in [0.29, 0.717) is 12.2 Å². The van der Waals surface area contributed by atoms with Gasteiger partial charge in [-0.3, -0.25) is 0 Å². The number of carbonyl (C=O) groups is 2. The lowest BCUT2D eigenvalue weighted by molar-refractivity contribution is -0.134. The second-order valence-electron chi connectivity index (χ2n) is 1.01. The molecule has 4 nitrogen and oxygen atoms in total. The molecule has 8 heavy (non-hydrogen) atoms. The molecule has 0 spiro atoms. The zero-order valence-electron chi connectivity index (χ0n) is 3.87. The van der Waals surface area contributed by atoms with Crippen molar-refractivity contribution >= 4 is 11.9 Å². The summed E-state index contributed by atoms with van der Waals surface area (Å²) in [6.45, 7) is 0. The van der Waals surface area contributed by atoms with Gasteiger partial charge in [0.1, 0.15) is 0 Å². The van der Waals surface area contributed by atoms with E-state index >= 15 is 0 Å². The molecule has 0 bridgehead atoms. The van der Waals surface area contributed by atoms with Crippen LogP contribution in [0.25, 0.3) is 0 Å². The molecule has 0 amide bonds. The zero-order chi connectivity index (χ0) is 6.57. The Hall–Kier alpha value is -1.32. The average molecular weight is 118 g/mol. The monoisotopic (exact) mass is 118 g/mol. The maximum Gasteiger partial charge on any atom is 0.328 e. The first kappa shape index (κ1) is 6.68. The lowest BCUT2D eigenvalue weighted by Gasteiger charge is -1.74. The summed E-state index contributed by atoms with van der Waals surface area (Å²) in [6.07, 6.45) is 1.12. The van der Waals surface area contributed by atoms with E-state index in [1.54, 1.807) is 0 Å². The first-order chi connectivity index (χ1) is 3.63. The van der Waals surface area contributed by atoms with E-state index in [-0.39, 0.29) is 0 Å². The van der Waals surface area contributed by atoms with Gasteiger partial charge in [0, 0.05) is 12.2 Å². The molecule has 0 aromatic rings. The molecule has 0 aromatic carbocycles. The highest BCUT2D eigenvalue weighted by molar-refractivity contribution is 5.89. The van der Waals surface area contributed by atoms with Gasteiger partial charge in [0.05, 0.1) is 0 Å². The third-order valence-corrected chi connectivity index (χ3v) is 0.368. The Morgan fingerprint density at radius 2 is 1.25 bits per heavy atom. The molecule has 0 saturated heterocycles. The Morgan fingerprint density at radius 3 is 1.38 bits per heavy atom. The molecular formula is C4H4O4. The molecule has 0 aliphatic rings. The van der Waals surface area contributed by atoms with E-state index in [1.807, 2.05) is 0 Å². The van der Waals surface area contributed by atoms with E-state index in [1.165, 1.54) is 0 Å². The van der Waals surface area contributed by atoms with Crippen LogP contribution < -0.4 is 0 Å². The van der Waals surface area contributed by atoms with Gasteiger partial charge in [0.25, 0.3) is 0 Å². The second kappa shape index (κ2) is 2.79. The van der Waals surface area contributed by atoms with Crippen molar-refractivity contribution in [2.45, 2.75) is 0 Å². The average Bonchev–Trinajstić information content (AvgIpc) is 1.61. The molecule has 0 fully saturated rings. The van der Waals surface area contributed by atoms with Crippen molar-refractivity contribution in [2.75, 3.05) is 0 Å². The molecule has 0 saturated carbocycles. The number of hydrogen-bond donors (Lipinski definition) is 2. The number of carboxylic acid groups (broad SMARTS) is 2. The quantitative estimate of drug-likeness (QED) is 0.386. The molecule has 0 aromatic heterocycles. The maximum atomic E-state index is 9.55. The molecule has 0 radical (unpaired) electrons. The molecule has 0 aliphatic carbocycles. The summed E-state index contributed by atoms with van der Waals surface area (Å²) in [4.78, 5) is 19.1. The van der Waals surface area contributed by atoms with Gasteiger partial charge in [-0.2, -0.15) is 0 Å². The first-order valence-electron chi connectivity index (χ1n) is 1.77. The van der Waals surface area contributed by atoms with Crippen molar-refractivity contribution in [3.05, 3.63) is 12.2 Å². The van der Waals surface area contributed by atoms with Crippen molar-refractivity contribution in [1.82, 2.24) is 0 Å². The molecule has 0 unspecified atom stereocenters. The van der Waals surface area contributed by atoms with Gasteiger partial charge in [-0.25, -0.2) is 9.59 Å². The predicted octanol–water partition coefficient (Wildman–Crippen LogP) is -0.288. The van der Waals surface area contributed by atoms with Gasteiger partial charge >= 0.3 is 11.9 Å². The van der Waals surface area contributed by atoms with E-state index in [2.05, 4.69) is 0 Å². The summed E-state index contributed by atoms with van der Waals surface area (Å²) in [5.41, 5.74) is 0. The minimum atomic E-state index is -1.26. The summed E-state index contributed by atoms with van der Waals surface area (Å²) in [6, 6.07) is 0. The first-order valence-corrected chi connectivity index (χ1v) is 1.77. The summed E-state index contributed by atoms with van der Waals surface area (Å²) in [5.74, 6) is -2.51. The molecular weight excluding hydrogens is 114 g/mol. The molecule has 0 aliphatic heterocycles. The minimum Gasteiger partial charge on any atom is -0.478 e. The fourth-order valence-corrected chi connectivity index (χ4v) is 0.143. The number of aliphatic carboxylic acids is 2. The van der Waals surface area contributed by atoms with Crippen LogP contribution in [-0.2, 0) is 9.59 Å². The smallest absolute Gasteiger partial charge is 0.328 e. The van der Waals surface area contributed by atoms with Gasteiger partial charge in [0.2, 0.25) is 0 Å². The summed E-state index contributed by atoms with van der Waals surface area (Å²) < 4.78 is 0. The Bertz CT molecular complexity index is 119. The van der Waals surface area contributed by atoms with E-state index in [9.17, 15) is 9.59 Å². The third kappa shape index (κ3) is 4.68. The molecule has 44 valence electrons. The Labute approximate surface area is 45.1 Å². The summed E-state index contributed by atoms with van der Waals surface area (Å²) in [5, 5.41) is 15.6. The van der Waals surface area contributed by atoms with Crippen LogP contribution in [0.5, 0.6) is 0 Å². The van der Waals surface area contributed by atoms with Crippen LogP contribution in [0.15, 0.2) is 12.2 Å². The van der Waals surface area contributed by atoms with Gasteiger partial charge in [0.15, 0.2) is 0 Å². The van der Waals surface area contributed by atoms with Crippen LogP contribution in [0.2, 0.25) is 0 Å². The highest BCUT2D eigenvalue weighted by atomic mass is 16.4. The van der Waals surface area contributed by atoms with Crippen LogP contribution in [0.1, 0.15) is 0 Å². The molecule has 2 N–H and O–H groups in total. The van der Waals surface area contributed by atoms with Crippen molar-refractivity contribution in [3.63, 3.8) is 0 Å². The standard InChI is InChI=1S/C4H4O4/c5-3(6)1-2-4(7)8/h1-2H,(H,5,6)(H,7,8)/i1+1,2+1.